The van der Waals surface area contributed by atoms with Crippen LogP contribution in [0.2, 0.25) is 0 Å². The molecule has 0 unspecified atom stereocenters. The fourth-order valence-electron chi connectivity index (χ4n) is 1.94. The van der Waals surface area contributed by atoms with E-state index < -0.39 is 11.9 Å². The van der Waals surface area contributed by atoms with E-state index in [0.29, 0.717) is 18.7 Å². The third-order valence-corrected chi connectivity index (χ3v) is 3.23. The molecular weight excluding hydrogens is 332 g/mol. The van der Waals surface area contributed by atoms with Gasteiger partial charge in [0.1, 0.15) is 12.4 Å². The monoisotopic (exact) mass is 350 g/mol. The van der Waals surface area contributed by atoms with Gasteiger partial charge in [-0.1, -0.05) is 30.3 Å². The van der Waals surface area contributed by atoms with Gasteiger partial charge in [-0.3, -0.25) is 4.79 Å². The number of carbonyl (C=O) groups is 2. The van der Waals surface area contributed by atoms with Gasteiger partial charge in [0.05, 0.1) is 18.2 Å². The lowest BCUT2D eigenvalue weighted by Gasteiger charge is -2.07. The molecule has 1 N–H and O–H groups in total. The summed E-state index contributed by atoms with van der Waals surface area (Å²) in [4.78, 5) is 23.2. The average molecular weight is 350 g/mol. The van der Waals surface area contributed by atoms with Crippen LogP contribution in [0.5, 0.6) is 5.75 Å². The Labute approximate surface area is 151 Å². The number of nitrogens with zero attached hydrogens (tertiary/aromatic N) is 1. The van der Waals surface area contributed by atoms with Crippen molar-refractivity contribution in [3.63, 3.8) is 0 Å². The highest BCUT2D eigenvalue weighted by molar-refractivity contribution is 5.89. The number of para-hydroxylation sites is 1. The van der Waals surface area contributed by atoms with E-state index in [1.54, 1.807) is 30.3 Å². The molecule has 0 heterocycles. The number of nitrogens with one attached hydrogen (secondary N) is 1. The first-order chi connectivity index (χ1) is 12.7. The summed E-state index contributed by atoms with van der Waals surface area (Å²) in [5.41, 5.74) is 1.29. The number of amides is 1. The Hall–Kier alpha value is -3.59. The topological polar surface area (TPSA) is 88.4 Å². The maximum absolute atomic E-state index is 11.6. The van der Waals surface area contributed by atoms with E-state index in [-0.39, 0.29) is 6.61 Å². The molecule has 0 atom stereocenters. The lowest BCUT2D eigenvalue weighted by Crippen LogP contribution is -2.31. The number of rotatable bonds is 8. The van der Waals surface area contributed by atoms with Crippen molar-refractivity contribution in [1.29, 1.82) is 5.26 Å². The molecule has 26 heavy (non-hydrogen) atoms. The van der Waals surface area contributed by atoms with E-state index in [1.165, 1.54) is 6.08 Å². The van der Waals surface area contributed by atoms with Gasteiger partial charge in [-0.05, 0) is 35.9 Å². The molecule has 132 valence electrons. The van der Waals surface area contributed by atoms with Gasteiger partial charge in [0.25, 0.3) is 5.91 Å². The number of carbonyl (C=O) groups excluding carboxylic acids is 2. The number of hydrogen-bond donors (Lipinski definition) is 1. The standard InChI is InChI=1S/C20H18N2O4/c21-14-17-8-6-16(7-9-17)10-11-20(24)26-15-19(23)22-12-13-25-18-4-2-1-3-5-18/h1-11H,12-13,15H2,(H,22,23)/b11-10+. The minimum absolute atomic E-state index is 0.312. The number of benzene rings is 2. The lowest BCUT2D eigenvalue weighted by molar-refractivity contribution is -0.143. The summed E-state index contributed by atoms with van der Waals surface area (Å²) >= 11 is 0. The van der Waals surface area contributed by atoms with Gasteiger partial charge in [-0.2, -0.15) is 5.26 Å². The van der Waals surface area contributed by atoms with Crippen molar-refractivity contribution < 1.29 is 19.1 Å². The normalized spacial score (nSPS) is 10.1. The molecular formula is C20H18N2O4. The molecule has 6 nitrogen and oxygen atoms in total. The highest BCUT2D eigenvalue weighted by Crippen LogP contribution is 2.07. The van der Waals surface area contributed by atoms with Gasteiger partial charge in [0.15, 0.2) is 6.61 Å². The zero-order chi connectivity index (χ0) is 18.6. The SMILES string of the molecule is N#Cc1ccc(/C=C/C(=O)OCC(=O)NCCOc2ccccc2)cc1. The highest BCUT2D eigenvalue weighted by Gasteiger charge is 2.04. The van der Waals surface area contributed by atoms with Crippen LogP contribution in [0.1, 0.15) is 11.1 Å². The van der Waals surface area contributed by atoms with Crippen molar-refractivity contribution >= 4 is 18.0 Å². The number of esters is 1. The molecule has 2 aromatic rings. The minimum atomic E-state index is -0.620. The van der Waals surface area contributed by atoms with Crippen LogP contribution in [0.3, 0.4) is 0 Å². The molecule has 0 spiro atoms. The predicted octanol–water partition coefficient (Wildman–Crippen LogP) is 2.31. The van der Waals surface area contributed by atoms with Gasteiger partial charge in [0, 0.05) is 6.08 Å². The van der Waals surface area contributed by atoms with Gasteiger partial charge >= 0.3 is 5.97 Å². The molecule has 0 aromatic heterocycles. The molecule has 6 heteroatoms. The molecule has 0 aliphatic carbocycles. The summed E-state index contributed by atoms with van der Waals surface area (Å²) in [5, 5.41) is 11.3. The number of hydrogen-bond acceptors (Lipinski definition) is 5. The van der Waals surface area contributed by atoms with Crippen LogP contribution in [0.25, 0.3) is 6.08 Å². The second-order valence-corrected chi connectivity index (χ2v) is 5.19. The van der Waals surface area contributed by atoms with Crippen LogP contribution in [0.15, 0.2) is 60.7 Å². The van der Waals surface area contributed by atoms with Crippen molar-refractivity contribution in [2.45, 2.75) is 0 Å². The van der Waals surface area contributed by atoms with Crippen molar-refractivity contribution in [3.05, 3.63) is 71.8 Å². The molecule has 0 radical (unpaired) electrons. The van der Waals surface area contributed by atoms with E-state index >= 15 is 0 Å². The quantitative estimate of drug-likeness (QED) is 0.448. The fraction of sp³-hybridized carbons (Fsp3) is 0.150. The molecule has 2 rings (SSSR count). The first-order valence-electron chi connectivity index (χ1n) is 7.97. The summed E-state index contributed by atoms with van der Waals surface area (Å²) in [6.07, 6.45) is 2.78. The first kappa shape index (κ1) is 18.7. The van der Waals surface area contributed by atoms with Crippen LogP contribution in [-0.2, 0) is 14.3 Å². The van der Waals surface area contributed by atoms with Crippen LogP contribution in [-0.4, -0.2) is 31.6 Å². The van der Waals surface area contributed by atoms with Gasteiger partial charge in [0.2, 0.25) is 0 Å². The van der Waals surface area contributed by atoms with Gasteiger partial charge < -0.3 is 14.8 Å². The molecule has 0 aliphatic rings. The maximum atomic E-state index is 11.6. The van der Waals surface area contributed by atoms with E-state index in [2.05, 4.69) is 5.32 Å². The second-order valence-electron chi connectivity index (χ2n) is 5.19. The van der Waals surface area contributed by atoms with Crippen LogP contribution < -0.4 is 10.1 Å². The molecule has 1 amide bonds. The van der Waals surface area contributed by atoms with E-state index in [4.69, 9.17) is 14.7 Å². The zero-order valence-electron chi connectivity index (χ0n) is 14.1. The Kier molecular flexibility index (Phi) is 7.43. The Morgan fingerprint density at radius 3 is 2.50 bits per heavy atom. The Balaban J connectivity index is 1.62. The molecule has 0 bridgehead atoms. The third kappa shape index (κ3) is 6.89. The van der Waals surface area contributed by atoms with Crippen LogP contribution in [0, 0.1) is 11.3 Å². The molecule has 0 fully saturated rings. The van der Waals surface area contributed by atoms with E-state index in [1.807, 2.05) is 36.4 Å². The molecule has 2 aromatic carbocycles. The summed E-state index contributed by atoms with van der Waals surface area (Å²) in [5.74, 6) is -0.298. The number of nitriles is 1. The third-order valence-electron chi connectivity index (χ3n) is 3.23. The fourth-order valence-corrected chi connectivity index (χ4v) is 1.94. The predicted molar refractivity (Wildman–Crippen MR) is 96.1 cm³/mol. The van der Waals surface area contributed by atoms with E-state index in [9.17, 15) is 9.59 Å². The Bertz CT molecular complexity index is 793. The summed E-state index contributed by atoms with van der Waals surface area (Å²) < 4.78 is 10.3. The summed E-state index contributed by atoms with van der Waals surface area (Å²) in [6.45, 7) is 0.274. The van der Waals surface area contributed by atoms with Crippen molar-refractivity contribution in [1.82, 2.24) is 5.32 Å². The lowest BCUT2D eigenvalue weighted by atomic mass is 10.1. The van der Waals surface area contributed by atoms with Crippen molar-refractivity contribution in [2.75, 3.05) is 19.8 Å². The largest absolute Gasteiger partial charge is 0.492 e. The smallest absolute Gasteiger partial charge is 0.331 e. The molecule has 0 saturated carbocycles. The van der Waals surface area contributed by atoms with Crippen molar-refractivity contribution in [3.8, 4) is 11.8 Å². The first-order valence-corrected chi connectivity index (χ1v) is 7.97. The van der Waals surface area contributed by atoms with Gasteiger partial charge in [-0.15, -0.1) is 0 Å². The van der Waals surface area contributed by atoms with Crippen LogP contribution in [0.4, 0.5) is 0 Å². The van der Waals surface area contributed by atoms with Crippen molar-refractivity contribution in [2.24, 2.45) is 0 Å². The highest BCUT2D eigenvalue weighted by atomic mass is 16.5. The number of ether oxygens (including phenoxy) is 2. The summed E-state index contributed by atoms with van der Waals surface area (Å²) in [7, 11) is 0. The second kappa shape index (κ2) is 10.3. The Morgan fingerprint density at radius 1 is 1.08 bits per heavy atom. The minimum Gasteiger partial charge on any atom is -0.492 e. The van der Waals surface area contributed by atoms with Crippen LogP contribution >= 0.6 is 0 Å². The zero-order valence-corrected chi connectivity index (χ0v) is 14.1. The molecule has 0 aliphatic heterocycles. The molecule has 0 saturated heterocycles. The van der Waals surface area contributed by atoms with E-state index in [0.717, 1.165) is 11.3 Å². The summed E-state index contributed by atoms with van der Waals surface area (Å²) in [6, 6.07) is 18.0. The Morgan fingerprint density at radius 2 is 1.81 bits per heavy atom. The average Bonchev–Trinajstić information content (AvgIpc) is 2.69. The maximum Gasteiger partial charge on any atom is 0.331 e. The van der Waals surface area contributed by atoms with Gasteiger partial charge in [-0.25, -0.2) is 4.79 Å².